The number of carbonyl (C=O) groups is 1. The van der Waals surface area contributed by atoms with E-state index in [1.165, 1.54) is 11.3 Å². The van der Waals surface area contributed by atoms with Crippen LogP contribution < -0.4 is 5.32 Å². The molecule has 0 saturated carbocycles. The molecule has 0 atom stereocenters. The Morgan fingerprint density at radius 2 is 2.35 bits per heavy atom. The Morgan fingerprint density at radius 3 is 3.06 bits per heavy atom. The van der Waals surface area contributed by atoms with Gasteiger partial charge in [-0.05, 0) is 26.4 Å². The van der Waals surface area contributed by atoms with Gasteiger partial charge in [0.1, 0.15) is 9.88 Å². The molecule has 0 unspecified atom stereocenters. The van der Waals surface area contributed by atoms with Gasteiger partial charge in [0.2, 0.25) is 0 Å². The summed E-state index contributed by atoms with van der Waals surface area (Å²) in [5.74, 6) is -0.871. The lowest BCUT2D eigenvalue weighted by molar-refractivity contribution is 0.0701. The second-order valence-corrected chi connectivity index (χ2v) is 5.29. The number of nitrogens with one attached hydrogen (secondary N) is 1. The van der Waals surface area contributed by atoms with Crippen LogP contribution in [0.4, 0.5) is 0 Å². The zero-order valence-electron chi connectivity index (χ0n) is 9.90. The van der Waals surface area contributed by atoms with Gasteiger partial charge in [0.25, 0.3) is 0 Å². The van der Waals surface area contributed by atoms with Crippen molar-refractivity contribution in [2.75, 3.05) is 26.2 Å². The van der Waals surface area contributed by atoms with Crippen LogP contribution in [-0.2, 0) is 6.54 Å². The summed E-state index contributed by atoms with van der Waals surface area (Å²) in [5.41, 5.74) is 0.630. The molecule has 2 heterocycles. The smallest absolute Gasteiger partial charge is 0.347 e. The first-order chi connectivity index (χ1) is 8.16. The first kappa shape index (κ1) is 12.5. The maximum absolute atomic E-state index is 10.9. The molecule has 94 valence electrons. The molecule has 0 aliphatic carbocycles. The number of carboxylic acid groups (broad SMARTS) is 1. The van der Waals surface area contributed by atoms with Crippen molar-refractivity contribution in [2.24, 2.45) is 0 Å². The summed E-state index contributed by atoms with van der Waals surface area (Å²) in [7, 11) is 0. The first-order valence-corrected chi connectivity index (χ1v) is 6.61. The van der Waals surface area contributed by atoms with Crippen molar-refractivity contribution in [3.63, 3.8) is 0 Å². The Hall–Kier alpha value is -0.980. The number of aryl methyl sites for hydroxylation is 1. The molecule has 1 aromatic heterocycles. The highest BCUT2D eigenvalue weighted by atomic mass is 32.1. The average molecular weight is 255 g/mol. The quantitative estimate of drug-likeness (QED) is 0.841. The molecular weight excluding hydrogens is 238 g/mol. The highest BCUT2D eigenvalue weighted by Gasteiger charge is 2.16. The molecule has 1 aliphatic heterocycles. The number of carboxylic acids is 1. The van der Waals surface area contributed by atoms with E-state index >= 15 is 0 Å². The predicted octanol–water partition coefficient (Wildman–Crippen LogP) is 0.945. The maximum atomic E-state index is 10.9. The van der Waals surface area contributed by atoms with E-state index in [1.807, 2.05) is 0 Å². The number of aromatic nitrogens is 1. The molecule has 1 fully saturated rings. The fraction of sp³-hybridized carbons (Fsp3) is 0.636. The largest absolute Gasteiger partial charge is 0.477 e. The minimum Gasteiger partial charge on any atom is -0.477 e. The fourth-order valence-electron chi connectivity index (χ4n) is 1.97. The van der Waals surface area contributed by atoms with Gasteiger partial charge in [0, 0.05) is 13.1 Å². The molecule has 2 rings (SSSR count). The van der Waals surface area contributed by atoms with Crippen molar-refractivity contribution < 1.29 is 9.90 Å². The molecule has 0 radical (unpaired) electrons. The Balaban J connectivity index is 2.02. The average Bonchev–Trinajstić information content (AvgIpc) is 2.50. The van der Waals surface area contributed by atoms with Crippen LogP contribution in [0.5, 0.6) is 0 Å². The van der Waals surface area contributed by atoms with E-state index in [0.29, 0.717) is 10.6 Å². The maximum Gasteiger partial charge on any atom is 0.347 e. The molecule has 5 nitrogen and oxygen atoms in total. The number of thiazole rings is 1. The Morgan fingerprint density at radius 1 is 1.53 bits per heavy atom. The van der Waals surface area contributed by atoms with Gasteiger partial charge >= 0.3 is 5.97 Å². The topological polar surface area (TPSA) is 65.5 Å². The molecule has 2 N–H and O–H groups in total. The summed E-state index contributed by atoms with van der Waals surface area (Å²) < 4.78 is 0. The lowest BCUT2D eigenvalue weighted by Crippen LogP contribution is -2.27. The van der Waals surface area contributed by atoms with E-state index in [-0.39, 0.29) is 0 Å². The van der Waals surface area contributed by atoms with Crippen LogP contribution in [0.1, 0.15) is 26.8 Å². The van der Waals surface area contributed by atoms with Crippen LogP contribution in [0.15, 0.2) is 0 Å². The third-order valence-corrected chi connectivity index (χ3v) is 3.96. The van der Waals surface area contributed by atoms with E-state index in [1.54, 1.807) is 6.92 Å². The van der Waals surface area contributed by atoms with Crippen LogP contribution in [0, 0.1) is 6.92 Å². The van der Waals surface area contributed by atoms with Gasteiger partial charge in [-0.3, -0.25) is 4.90 Å². The van der Waals surface area contributed by atoms with Gasteiger partial charge in [-0.15, -0.1) is 11.3 Å². The van der Waals surface area contributed by atoms with Crippen LogP contribution in [0.3, 0.4) is 0 Å². The van der Waals surface area contributed by atoms with Crippen molar-refractivity contribution in [3.8, 4) is 0 Å². The van der Waals surface area contributed by atoms with Crippen LogP contribution >= 0.6 is 11.3 Å². The predicted molar refractivity (Wildman–Crippen MR) is 66.6 cm³/mol. The summed E-state index contributed by atoms with van der Waals surface area (Å²) in [4.78, 5) is 18.0. The first-order valence-electron chi connectivity index (χ1n) is 5.79. The Bertz CT molecular complexity index is 397. The van der Waals surface area contributed by atoms with E-state index in [0.717, 1.165) is 44.2 Å². The monoisotopic (exact) mass is 255 g/mol. The zero-order chi connectivity index (χ0) is 12.3. The molecule has 0 spiro atoms. The number of nitrogens with zero attached hydrogens (tertiary/aromatic N) is 2. The van der Waals surface area contributed by atoms with Gasteiger partial charge in [-0.2, -0.15) is 0 Å². The minimum atomic E-state index is -0.871. The van der Waals surface area contributed by atoms with Crippen LogP contribution in [0.2, 0.25) is 0 Å². The molecule has 1 saturated heterocycles. The Kier molecular flexibility index (Phi) is 4.09. The van der Waals surface area contributed by atoms with Crippen molar-refractivity contribution in [1.29, 1.82) is 0 Å². The molecule has 0 bridgehead atoms. The summed E-state index contributed by atoms with van der Waals surface area (Å²) in [6.45, 7) is 6.63. The summed E-state index contributed by atoms with van der Waals surface area (Å²) in [6, 6.07) is 0. The fourth-order valence-corrected chi connectivity index (χ4v) is 2.92. The third-order valence-electron chi connectivity index (χ3n) is 2.83. The number of aromatic carboxylic acids is 1. The van der Waals surface area contributed by atoms with E-state index in [9.17, 15) is 4.79 Å². The summed E-state index contributed by atoms with van der Waals surface area (Å²) in [6.07, 6.45) is 1.14. The lowest BCUT2D eigenvalue weighted by Gasteiger charge is -2.17. The van der Waals surface area contributed by atoms with Crippen molar-refractivity contribution in [3.05, 3.63) is 15.6 Å². The second kappa shape index (κ2) is 5.57. The van der Waals surface area contributed by atoms with Gasteiger partial charge in [0.05, 0.1) is 12.2 Å². The van der Waals surface area contributed by atoms with Crippen molar-refractivity contribution in [2.45, 2.75) is 19.9 Å². The van der Waals surface area contributed by atoms with E-state index in [2.05, 4.69) is 15.2 Å². The van der Waals surface area contributed by atoms with Crippen LogP contribution in [-0.4, -0.2) is 47.1 Å². The molecule has 0 aromatic carbocycles. The summed E-state index contributed by atoms with van der Waals surface area (Å²) in [5, 5.41) is 13.2. The molecule has 1 aromatic rings. The molecule has 6 heteroatoms. The molecule has 0 amide bonds. The van der Waals surface area contributed by atoms with Crippen molar-refractivity contribution >= 4 is 17.3 Å². The molecule has 17 heavy (non-hydrogen) atoms. The number of rotatable bonds is 3. The van der Waals surface area contributed by atoms with Gasteiger partial charge in [-0.1, -0.05) is 0 Å². The van der Waals surface area contributed by atoms with Crippen molar-refractivity contribution in [1.82, 2.24) is 15.2 Å². The highest BCUT2D eigenvalue weighted by Crippen LogP contribution is 2.19. The van der Waals surface area contributed by atoms with E-state index in [4.69, 9.17) is 5.11 Å². The van der Waals surface area contributed by atoms with Gasteiger partial charge < -0.3 is 10.4 Å². The third kappa shape index (κ3) is 3.24. The van der Waals surface area contributed by atoms with Gasteiger partial charge in [0.15, 0.2) is 0 Å². The molecule has 1 aliphatic rings. The minimum absolute atomic E-state index is 0.368. The zero-order valence-corrected chi connectivity index (χ0v) is 10.7. The normalized spacial score (nSPS) is 17.9. The molecular formula is C11H17N3O2S. The Labute approximate surface area is 104 Å². The van der Waals surface area contributed by atoms with Gasteiger partial charge in [-0.25, -0.2) is 9.78 Å². The number of hydrogen-bond donors (Lipinski definition) is 2. The SMILES string of the molecule is Cc1nc(CN2CCCNCC2)sc1C(=O)O. The highest BCUT2D eigenvalue weighted by molar-refractivity contribution is 7.13. The standard InChI is InChI=1S/C11H17N3O2S/c1-8-10(11(15)16)17-9(13-8)7-14-5-2-3-12-4-6-14/h12H,2-7H2,1H3,(H,15,16). The lowest BCUT2D eigenvalue weighted by atomic mass is 10.4. The summed E-state index contributed by atoms with van der Waals surface area (Å²) >= 11 is 1.30. The second-order valence-electron chi connectivity index (χ2n) is 4.21. The number of hydrogen-bond acceptors (Lipinski definition) is 5. The van der Waals surface area contributed by atoms with E-state index < -0.39 is 5.97 Å². The van der Waals surface area contributed by atoms with Crippen LogP contribution in [0.25, 0.3) is 0 Å².